The molecule has 0 aliphatic heterocycles. The van der Waals surface area contributed by atoms with E-state index in [0.29, 0.717) is 0 Å². The molecule has 5 N–H and O–H groups in total. The zero-order valence-corrected chi connectivity index (χ0v) is 5.29. The van der Waals surface area contributed by atoms with Crippen LogP contribution in [0.25, 0.3) is 0 Å². The molecule has 0 fully saturated rings. The second-order valence-electron chi connectivity index (χ2n) is 0.620. The molecule has 0 aliphatic rings. The second kappa shape index (κ2) is 9.46. The van der Waals surface area contributed by atoms with Crippen molar-refractivity contribution in [2.75, 3.05) is 0 Å². The minimum atomic E-state index is -0.833. The van der Waals surface area contributed by atoms with Gasteiger partial charge in [0.2, 0.25) is 0 Å². The summed E-state index contributed by atoms with van der Waals surface area (Å²) in [5, 5.41) is 7.42. The van der Waals surface area contributed by atoms with Crippen molar-refractivity contribution in [2.24, 2.45) is 8.27 Å². The van der Waals surface area contributed by atoms with Crippen molar-refractivity contribution < 1.29 is 30.2 Å². The number of carboxylic acid groups (broad SMARTS) is 1. The van der Waals surface area contributed by atoms with Gasteiger partial charge in [0.25, 0.3) is 5.97 Å². The summed E-state index contributed by atoms with van der Waals surface area (Å²) in [6.45, 7) is 1.08. The van der Waals surface area contributed by atoms with Gasteiger partial charge in [-0.1, -0.05) is 0 Å². The predicted octanol–water partition coefficient (Wildman–Crippen LogP) is -1.09. The summed E-state index contributed by atoms with van der Waals surface area (Å²) in [4.78, 5) is 9.00. The minimum absolute atomic E-state index is 0.0700. The molecule has 0 atom stereocenters. The maximum atomic E-state index is 9.00. The second-order valence-corrected chi connectivity index (χ2v) is 1.11. The molecule has 0 saturated heterocycles. The maximum absolute atomic E-state index is 9.00. The fourth-order valence-corrected chi connectivity index (χ4v) is 0. The van der Waals surface area contributed by atoms with E-state index in [1.807, 2.05) is 0 Å². The van der Waals surface area contributed by atoms with Gasteiger partial charge in [0.1, 0.15) is 0 Å². The van der Waals surface area contributed by atoms with E-state index in [1.165, 1.54) is 0 Å². The van der Waals surface area contributed by atoms with Crippen molar-refractivity contribution in [3.8, 4) is 0 Å². The van der Waals surface area contributed by atoms with Gasteiger partial charge in [-0.2, -0.15) is 0 Å². The molecule has 0 unspecified atom stereocenters. The van der Waals surface area contributed by atoms with Gasteiger partial charge in [-0.05, 0) is 0 Å². The van der Waals surface area contributed by atoms with E-state index in [4.69, 9.17) is 9.90 Å². The fourth-order valence-electron chi connectivity index (χ4n) is 0. The average molecular weight is 200 g/mol. The normalized spacial score (nSPS) is 6.71. The van der Waals surface area contributed by atoms with Crippen LogP contribution in [0.1, 0.15) is 6.92 Å². The summed E-state index contributed by atoms with van der Waals surface area (Å²) >= 11 is 0.0700. The van der Waals surface area contributed by atoms with E-state index in [1.54, 1.807) is 0 Å². The fraction of sp³-hybridized carbons (Fsp3) is 0.500. The first kappa shape index (κ1) is 10.2. The van der Waals surface area contributed by atoms with Gasteiger partial charge in [-0.3, -0.25) is 4.79 Å². The monoisotopic (exact) mass is 199 g/mol. The molecule has 0 aromatic heterocycles. The van der Waals surface area contributed by atoms with E-state index in [-0.39, 0.29) is 20.3 Å². The summed E-state index contributed by atoms with van der Waals surface area (Å²) in [6.07, 6.45) is 0. The average Bonchev–Trinajstić information content (AvgIpc) is 1.33. The Morgan fingerprint density at radius 2 is 1.71 bits per heavy atom. The van der Waals surface area contributed by atoms with E-state index in [2.05, 4.69) is 8.27 Å². The Morgan fingerprint density at radius 3 is 1.71 bits per heavy atom. The summed E-state index contributed by atoms with van der Waals surface area (Å²) in [5.41, 5.74) is 0. The summed E-state index contributed by atoms with van der Waals surface area (Å²) in [7, 11) is 0. The van der Waals surface area contributed by atoms with Crippen LogP contribution in [0.5, 0.6) is 0 Å². The Balaban J connectivity index is 0. The Bertz CT molecular complexity index is 45.0. The van der Waals surface area contributed by atoms with Crippen molar-refractivity contribution in [1.29, 1.82) is 0 Å². The molecule has 49 valence electrons. The van der Waals surface area contributed by atoms with Gasteiger partial charge in [-0.15, -0.1) is 0 Å². The number of carboxylic acids is 1. The van der Waals surface area contributed by atoms with Crippen LogP contribution < -0.4 is 8.27 Å². The molecule has 0 spiro atoms. The Kier molecular flexibility index (Phi) is 13.8. The molecule has 0 saturated carbocycles. The van der Waals surface area contributed by atoms with E-state index in [9.17, 15) is 0 Å². The van der Waals surface area contributed by atoms with Crippen molar-refractivity contribution in [2.45, 2.75) is 6.92 Å². The van der Waals surface area contributed by atoms with Crippen LogP contribution in [0, 0.1) is 0 Å². The molecule has 5 heteroatoms. The summed E-state index contributed by atoms with van der Waals surface area (Å²) in [5.74, 6) is -0.833. The first-order valence-corrected chi connectivity index (χ1v) is 2.99. The Labute approximate surface area is 51.8 Å². The molecular weight excluding hydrogens is 192 g/mol. The first-order chi connectivity index (χ1) is 3.15. The first-order valence-electron chi connectivity index (χ1n) is 1.28. The molecule has 0 aromatic rings. The van der Waals surface area contributed by atoms with Crippen LogP contribution in [0.2, 0.25) is 0 Å². The van der Waals surface area contributed by atoms with Gasteiger partial charge < -0.3 is 5.11 Å². The molecule has 0 aliphatic carbocycles. The van der Waals surface area contributed by atoms with Gasteiger partial charge in [-0.25, -0.2) is 0 Å². The van der Waals surface area contributed by atoms with Crippen LogP contribution in [-0.4, -0.2) is 11.1 Å². The summed E-state index contributed by atoms with van der Waals surface area (Å²) < 4.78 is 9.31. The van der Waals surface area contributed by atoms with Crippen LogP contribution in [0.15, 0.2) is 0 Å². The number of carbonyl (C=O) groups is 1. The van der Waals surface area contributed by atoms with E-state index >= 15 is 0 Å². The molecule has 4 nitrogen and oxygen atoms in total. The van der Waals surface area contributed by atoms with Crippen LogP contribution in [0.4, 0.5) is 0 Å². The van der Waals surface area contributed by atoms with E-state index in [0.717, 1.165) is 6.92 Å². The standard InChI is InChI=1S/C2H4O2.Ag.2H2N/c1-2(3)4;;;/h1H3,(H,3,4);;2*1H2/q;+2;2*-1. The van der Waals surface area contributed by atoms with Gasteiger partial charge in [0.15, 0.2) is 0 Å². The third kappa shape index (κ3) is 6160. The van der Waals surface area contributed by atoms with Crippen molar-refractivity contribution in [3.05, 3.63) is 0 Å². The molecule has 0 rings (SSSR count). The molecule has 7 heavy (non-hydrogen) atoms. The zero-order chi connectivity index (χ0) is 6.28. The van der Waals surface area contributed by atoms with Crippen molar-refractivity contribution in [3.63, 3.8) is 0 Å². The quantitative estimate of drug-likeness (QED) is 0.433. The van der Waals surface area contributed by atoms with Crippen LogP contribution in [-0.2, 0) is 25.1 Å². The number of nitrogens with two attached hydrogens (primary N) is 2. The van der Waals surface area contributed by atoms with Gasteiger partial charge in [0, 0.05) is 6.92 Å². The van der Waals surface area contributed by atoms with Gasteiger partial charge >= 0.3 is 28.6 Å². The van der Waals surface area contributed by atoms with Crippen molar-refractivity contribution >= 4 is 5.97 Å². The molecule has 0 aromatic carbocycles. The zero-order valence-electron chi connectivity index (χ0n) is 3.81. The molecule has 0 radical (unpaired) electrons. The third-order valence-electron chi connectivity index (χ3n) is 0. The number of hydrogen-bond acceptors (Lipinski definition) is 3. The van der Waals surface area contributed by atoms with Crippen LogP contribution >= 0.6 is 0 Å². The molecule has 0 amide bonds. The van der Waals surface area contributed by atoms with Crippen molar-refractivity contribution in [1.82, 2.24) is 0 Å². The predicted molar refractivity (Wildman–Crippen MR) is 21.7 cm³/mol. The number of aliphatic carboxylic acids is 1. The number of rotatable bonds is 0. The Hall–Kier alpha value is 0.130. The van der Waals surface area contributed by atoms with Crippen LogP contribution in [0.3, 0.4) is 0 Å². The molecule has 0 bridgehead atoms. The molecule has 0 heterocycles. The van der Waals surface area contributed by atoms with Gasteiger partial charge in [0.05, 0.1) is 0 Å². The summed E-state index contributed by atoms with van der Waals surface area (Å²) in [6, 6.07) is 0. The molecular formula is C2H8AgN2O2. The topological polar surface area (TPSA) is 89.3 Å². The SMILES string of the molecule is CC(=O)O.[NH2][Ag][NH2]. The van der Waals surface area contributed by atoms with E-state index < -0.39 is 5.97 Å². The third-order valence-corrected chi connectivity index (χ3v) is 0. The number of hydrogen-bond donors (Lipinski definition) is 3. The Morgan fingerprint density at radius 1 is 1.71 bits per heavy atom.